The van der Waals surface area contributed by atoms with Crippen molar-refractivity contribution in [2.75, 3.05) is 6.54 Å². The molecule has 2 aromatic rings. The van der Waals surface area contributed by atoms with Crippen LogP contribution in [-0.2, 0) is 24.1 Å². The molecule has 1 amide bonds. The minimum absolute atomic E-state index is 0.0476. The standard InChI is InChI=1S/C21H25NO2S/c1-15(2)25-19-9-7-16(8-10-19)11-20(23)22-14-21(24)12-17-5-3-4-6-18(17)13-21/h3-10,15,24H,11-14H2,1-2H3,(H,22,23). The third-order valence-corrected chi connectivity index (χ3v) is 5.45. The van der Waals surface area contributed by atoms with E-state index in [0.717, 1.165) is 5.56 Å². The maximum atomic E-state index is 12.2. The van der Waals surface area contributed by atoms with Gasteiger partial charge in [-0.3, -0.25) is 4.79 Å². The van der Waals surface area contributed by atoms with Crippen LogP contribution in [0.1, 0.15) is 30.5 Å². The fraction of sp³-hybridized carbons (Fsp3) is 0.381. The van der Waals surface area contributed by atoms with E-state index >= 15 is 0 Å². The number of fused-ring (bicyclic) bond motifs is 1. The highest BCUT2D eigenvalue weighted by Gasteiger charge is 2.35. The van der Waals surface area contributed by atoms with Crippen LogP contribution in [0.2, 0.25) is 0 Å². The van der Waals surface area contributed by atoms with Crippen LogP contribution in [0.4, 0.5) is 0 Å². The van der Waals surface area contributed by atoms with E-state index in [1.165, 1.54) is 16.0 Å². The Bertz CT molecular complexity index is 715. The molecule has 1 aliphatic rings. The van der Waals surface area contributed by atoms with Gasteiger partial charge in [0.05, 0.1) is 12.0 Å². The molecular weight excluding hydrogens is 330 g/mol. The number of thioether (sulfide) groups is 1. The maximum absolute atomic E-state index is 12.2. The molecule has 4 heteroatoms. The first-order chi connectivity index (χ1) is 11.9. The molecule has 2 aromatic carbocycles. The molecule has 0 fully saturated rings. The van der Waals surface area contributed by atoms with Crippen LogP contribution < -0.4 is 5.32 Å². The van der Waals surface area contributed by atoms with Crippen LogP contribution >= 0.6 is 11.8 Å². The molecule has 0 saturated heterocycles. The Morgan fingerprint density at radius 1 is 1.12 bits per heavy atom. The summed E-state index contributed by atoms with van der Waals surface area (Å²) in [6, 6.07) is 16.2. The lowest BCUT2D eigenvalue weighted by Crippen LogP contribution is -2.44. The van der Waals surface area contributed by atoms with Crippen molar-refractivity contribution in [1.29, 1.82) is 0 Å². The SMILES string of the molecule is CC(C)Sc1ccc(CC(=O)NCC2(O)Cc3ccccc3C2)cc1. The number of carbonyl (C=O) groups excluding carboxylic acids is 1. The van der Waals surface area contributed by atoms with Crippen molar-refractivity contribution in [3.63, 3.8) is 0 Å². The van der Waals surface area contributed by atoms with Crippen molar-refractivity contribution >= 4 is 17.7 Å². The van der Waals surface area contributed by atoms with Gasteiger partial charge in [0, 0.05) is 29.5 Å². The van der Waals surface area contributed by atoms with Gasteiger partial charge in [0.25, 0.3) is 0 Å². The van der Waals surface area contributed by atoms with Crippen LogP contribution in [0.3, 0.4) is 0 Å². The lowest BCUT2D eigenvalue weighted by atomic mass is 10.0. The fourth-order valence-electron chi connectivity index (χ4n) is 3.27. The third-order valence-electron chi connectivity index (χ3n) is 4.43. The summed E-state index contributed by atoms with van der Waals surface area (Å²) in [7, 11) is 0. The first kappa shape index (κ1) is 18.0. The van der Waals surface area contributed by atoms with Gasteiger partial charge in [0.1, 0.15) is 0 Å². The number of hydrogen-bond donors (Lipinski definition) is 2. The summed E-state index contributed by atoms with van der Waals surface area (Å²) in [6.45, 7) is 4.62. The molecule has 0 atom stereocenters. The van der Waals surface area contributed by atoms with Crippen molar-refractivity contribution < 1.29 is 9.90 Å². The number of benzene rings is 2. The minimum Gasteiger partial charge on any atom is -0.387 e. The van der Waals surface area contributed by atoms with Crippen LogP contribution in [0.15, 0.2) is 53.4 Å². The molecule has 1 aliphatic carbocycles. The van der Waals surface area contributed by atoms with Crippen molar-refractivity contribution in [2.24, 2.45) is 0 Å². The van der Waals surface area contributed by atoms with E-state index in [4.69, 9.17) is 0 Å². The Kier molecular flexibility index (Phi) is 5.50. The summed E-state index contributed by atoms with van der Waals surface area (Å²) in [5.41, 5.74) is 2.49. The molecule has 0 bridgehead atoms. The van der Waals surface area contributed by atoms with Gasteiger partial charge in [0.15, 0.2) is 0 Å². The molecular formula is C21H25NO2S. The van der Waals surface area contributed by atoms with Crippen LogP contribution in [0.25, 0.3) is 0 Å². The number of rotatable bonds is 6. The number of amides is 1. The highest BCUT2D eigenvalue weighted by atomic mass is 32.2. The minimum atomic E-state index is -0.864. The molecule has 0 unspecified atom stereocenters. The van der Waals surface area contributed by atoms with E-state index in [9.17, 15) is 9.90 Å². The van der Waals surface area contributed by atoms with E-state index in [-0.39, 0.29) is 5.91 Å². The zero-order valence-electron chi connectivity index (χ0n) is 14.8. The van der Waals surface area contributed by atoms with Crippen LogP contribution in [0.5, 0.6) is 0 Å². The van der Waals surface area contributed by atoms with E-state index < -0.39 is 5.60 Å². The number of nitrogens with one attached hydrogen (secondary N) is 1. The van der Waals surface area contributed by atoms with E-state index in [0.29, 0.717) is 31.1 Å². The lowest BCUT2D eigenvalue weighted by molar-refractivity contribution is -0.121. The second-order valence-electron chi connectivity index (χ2n) is 7.11. The van der Waals surface area contributed by atoms with E-state index in [1.54, 1.807) is 0 Å². The zero-order chi connectivity index (χ0) is 17.9. The Labute approximate surface area is 153 Å². The highest BCUT2D eigenvalue weighted by molar-refractivity contribution is 7.99. The molecule has 0 radical (unpaired) electrons. The summed E-state index contributed by atoms with van der Waals surface area (Å²) in [5, 5.41) is 14.2. The van der Waals surface area contributed by atoms with Gasteiger partial charge in [-0.15, -0.1) is 11.8 Å². The molecule has 0 aromatic heterocycles. The fourth-order valence-corrected chi connectivity index (χ4v) is 4.11. The van der Waals surface area contributed by atoms with Crippen molar-refractivity contribution in [1.82, 2.24) is 5.32 Å². The largest absolute Gasteiger partial charge is 0.387 e. The Balaban J connectivity index is 1.50. The Morgan fingerprint density at radius 2 is 1.72 bits per heavy atom. The van der Waals surface area contributed by atoms with Gasteiger partial charge in [-0.1, -0.05) is 50.2 Å². The van der Waals surface area contributed by atoms with Crippen LogP contribution in [0, 0.1) is 0 Å². The predicted octanol–water partition coefficient (Wildman–Crippen LogP) is 3.38. The van der Waals surface area contributed by atoms with Crippen molar-refractivity contribution in [2.45, 2.75) is 48.9 Å². The highest BCUT2D eigenvalue weighted by Crippen LogP contribution is 2.29. The van der Waals surface area contributed by atoms with Crippen molar-refractivity contribution in [3.8, 4) is 0 Å². The molecule has 0 aliphatic heterocycles. The molecule has 0 spiro atoms. The predicted molar refractivity (Wildman–Crippen MR) is 103 cm³/mol. The van der Waals surface area contributed by atoms with Gasteiger partial charge < -0.3 is 10.4 Å². The van der Waals surface area contributed by atoms with E-state index in [2.05, 4.69) is 31.3 Å². The second-order valence-corrected chi connectivity index (χ2v) is 8.76. The average Bonchev–Trinajstić information content (AvgIpc) is 2.91. The monoisotopic (exact) mass is 355 g/mol. The smallest absolute Gasteiger partial charge is 0.224 e. The third kappa shape index (κ3) is 4.86. The summed E-state index contributed by atoms with van der Waals surface area (Å²) >= 11 is 1.81. The molecule has 25 heavy (non-hydrogen) atoms. The summed E-state index contributed by atoms with van der Waals surface area (Å²) in [4.78, 5) is 13.4. The second kappa shape index (κ2) is 7.63. The van der Waals surface area contributed by atoms with Crippen LogP contribution in [-0.4, -0.2) is 28.4 Å². The Morgan fingerprint density at radius 3 is 2.28 bits per heavy atom. The average molecular weight is 356 g/mol. The van der Waals surface area contributed by atoms with Gasteiger partial charge in [-0.05, 0) is 28.8 Å². The molecule has 132 valence electrons. The first-order valence-electron chi connectivity index (χ1n) is 8.75. The van der Waals surface area contributed by atoms with E-state index in [1.807, 2.05) is 48.2 Å². The van der Waals surface area contributed by atoms with Gasteiger partial charge >= 0.3 is 0 Å². The summed E-state index contributed by atoms with van der Waals surface area (Å²) < 4.78 is 0. The first-order valence-corrected chi connectivity index (χ1v) is 9.63. The number of carbonyl (C=O) groups is 1. The Hall–Kier alpha value is -1.78. The zero-order valence-corrected chi connectivity index (χ0v) is 15.6. The molecule has 0 heterocycles. The molecule has 0 saturated carbocycles. The quantitative estimate of drug-likeness (QED) is 0.781. The van der Waals surface area contributed by atoms with Crippen molar-refractivity contribution in [3.05, 3.63) is 65.2 Å². The summed E-state index contributed by atoms with van der Waals surface area (Å²) in [5.74, 6) is -0.0476. The van der Waals surface area contributed by atoms with Gasteiger partial charge in [-0.25, -0.2) is 0 Å². The molecule has 3 rings (SSSR count). The van der Waals surface area contributed by atoms with Gasteiger partial charge in [0.2, 0.25) is 5.91 Å². The van der Waals surface area contributed by atoms with Gasteiger partial charge in [-0.2, -0.15) is 0 Å². The maximum Gasteiger partial charge on any atom is 0.224 e. The summed E-state index contributed by atoms with van der Waals surface area (Å²) in [6.07, 6.45) is 1.55. The normalized spacial score (nSPS) is 15.2. The number of hydrogen-bond acceptors (Lipinski definition) is 3. The molecule has 2 N–H and O–H groups in total. The lowest BCUT2D eigenvalue weighted by Gasteiger charge is -2.22. The molecule has 3 nitrogen and oxygen atoms in total. The topological polar surface area (TPSA) is 49.3 Å². The number of aliphatic hydroxyl groups is 1.